The second-order valence-electron chi connectivity index (χ2n) is 6.49. The maximum atomic E-state index is 12.0. The molecule has 0 aromatic heterocycles. The van der Waals surface area contributed by atoms with Crippen molar-refractivity contribution in [3.63, 3.8) is 0 Å². The highest BCUT2D eigenvalue weighted by atomic mass is 16.1. The van der Waals surface area contributed by atoms with Gasteiger partial charge in [-0.25, -0.2) is 0 Å². The molecular weight excluding hydrogens is 184 g/mol. The zero-order chi connectivity index (χ0) is 11.6. The fourth-order valence-corrected chi connectivity index (χ4v) is 3.22. The van der Waals surface area contributed by atoms with E-state index in [4.69, 9.17) is 0 Å². The lowest BCUT2D eigenvalue weighted by atomic mass is 9.65. The normalized spacial score (nSPS) is 28.5. The Morgan fingerprint density at radius 1 is 1.33 bits per heavy atom. The molecule has 0 spiro atoms. The highest BCUT2D eigenvalue weighted by Gasteiger charge is 2.37. The Balaban J connectivity index is 2.66. The summed E-state index contributed by atoms with van der Waals surface area (Å²) >= 11 is 0. The molecule has 2 unspecified atom stereocenters. The summed E-state index contributed by atoms with van der Waals surface area (Å²) in [6.45, 7) is 11.2. The van der Waals surface area contributed by atoms with Crippen LogP contribution in [0.1, 0.15) is 60.3 Å². The van der Waals surface area contributed by atoms with Gasteiger partial charge < -0.3 is 0 Å². The summed E-state index contributed by atoms with van der Waals surface area (Å²) in [6.07, 6.45) is 4.32. The van der Waals surface area contributed by atoms with E-state index in [1.165, 1.54) is 6.42 Å². The highest BCUT2D eigenvalue weighted by molar-refractivity contribution is 5.82. The first-order chi connectivity index (χ1) is 6.83. The summed E-state index contributed by atoms with van der Waals surface area (Å²) in [5.74, 6) is 2.13. The highest BCUT2D eigenvalue weighted by Crippen LogP contribution is 2.41. The Bertz CT molecular complexity index is 227. The molecule has 0 bridgehead atoms. The molecule has 1 saturated carbocycles. The molecule has 1 fully saturated rings. The molecule has 88 valence electrons. The van der Waals surface area contributed by atoms with Crippen LogP contribution in [0.3, 0.4) is 0 Å². The first-order valence-electron chi connectivity index (χ1n) is 6.35. The summed E-state index contributed by atoms with van der Waals surface area (Å²) < 4.78 is 0. The molecule has 0 saturated heterocycles. The SMILES string of the molecule is CC(C)CC(C)(C)C1CCC(C)CC1=O. The maximum absolute atomic E-state index is 12.0. The fraction of sp³-hybridized carbons (Fsp3) is 0.929. The van der Waals surface area contributed by atoms with E-state index in [0.717, 1.165) is 19.3 Å². The molecule has 0 aliphatic heterocycles. The number of carbonyl (C=O) groups excluding carboxylic acids is 1. The van der Waals surface area contributed by atoms with Gasteiger partial charge in [0.25, 0.3) is 0 Å². The molecule has 0 aromatic rings. The molecule has 1 rings (SSSR count). The molecule has 0 radical (unpaired) electrons. The third kappa shape index (κ3) is 3.32. The average Bonchev–Trinajstić information content (AvgIpc) is 1.99. The number of hydrogen-bond donors (Lipinski definition) is 0. The van der Waals surface area contributed by atoms with Crippen LogP contribution in [0.15, 0.2) is 0 Å². The molecule has 1 aliphatic carbocycles. The molecule has 0 aromatic carbocycles. The van der Waals surface area contributed by atoms with E-state index in [9.17, 15) is 4.79 Å². The third-order valence-electron chi connectivity index (χ3n) is 3.76. The van der Waals surface area contributed by atoms with Crippen molar-refractivity contribution in [1.29, 1.82) is 0 Å². The number of hydrogen-bond acceptors (Lipinski definition) is 1. The average molecular weight is 210 g/mol. The van der Waals surface area contributed by atoms with Crippen molar-refractivity contribution in [2.75, 3.05) is 0 Å². The summed E-state index contributed by atoms with van der Waals surface area (Å²) in [7, 11) is 0. The van der Waals surface area contributed by atoms with Crippen molar-refractivity contribution in [2.45, 2.75) is 60.3 Å². The third-order valence-corrected chi connectivity index (χ3v) is 3.76. The number of ketones is 1. The van der Waals surface area contributed by atoms with Crippen LogP contribution in [0.2, 0.25) is 0 Å². The first-order valence-corrected chi connectivity index (χ1v) is 6.35. The second kappa shape index (κ2) is 4.67. The Kier molecular flexibility index (Phi) is 3.97. The fourth-order valence-electron chi connectivity index (χ4n) is 3.22. The van der Waals surface area contributed by atoms with Crippen LogP contribution < -0.4 is 0 Å². The van der Waals surface area contributed by atoms with Gasteiger partial charge in [-0.1, -0.05) is 34.6 Å². The largest absolute Gasteiger partial charge is 0.299 e. The molecule has 1 nitrogen and oxygen atoms in total. The molecule has 0 amide bonds. The predicted octanol–water partition coefficient (Wildman–Crippen LogP) is 4.06. The van der Waals surface area contributed by atoms with E-state index < -0.39 is 0 Å². The van der Waals surface area contributed by atoms with Crippen LogP contribution >= 0.6 is 0 Å². The Morgan fingerprint density at radius 3 is 2.40 bits per heavy atom. The zero-order valence-corrected chi connectivity index (χ0v) is 11.0. The Labute approximate surface area is 94.6 Å². The van der Waals surface area contributed by atoms with Gasteiger partial charge in [-0.3, -0.25) is 4.79 Å². The quantitative estimate of drug-likeness (QED) is 0.686. The maximum Gasteiger partial charge on any atom is 0.136 e. The van der Waals surface area contributed by atoms with Crippen molar-refractivity contribution in [2.24, 2.45) is 23.2 Å². The number of rotatable bonds is 3. The van der Waals surface area contributed by atoms with Gasteiger partial charge in [0, 0.05) is 12.3 Å². The van der Waals surface area contributed by atoms with Crippen molar-refractivity contribution in [1.82, 2.24) is 0 Å². The molecule has 1 heteroatoms. The standard InChI is InChI=1S/C14H26O/c1-10(2)9-14(4,5)12-7-6-11(3)8-13(12)15/h10-12H,6-9H2,1-5H3. The summed E-state index contributed by atoms with van der Waals surface area (Å²) in [4.78, 5) is 12.0. The Hall–Kier alpha value is -0.330. The summed E-state index contributed by atoms with van der Waals surface area (Å²) in [6, 6.07) is 0. The van der Waals surface area contributed by atoms with Crippen molar-refractivity contribution in [3.8, 4) is 0 Å². The van der Waals surface area contributed by atoms with Crippen LogP contribution in [0.25, 0.3) is 0 Å². The summed E-state index contributed by atoms with van der Waals surface area (Å²) in [5.41, 5.74) is 0.200. The first kappa shape index (κ1) is 12.7. The van der Waals surface area contributed by atoms with Crippen molar-refractivity contribution in [3.05, 3.63) is 0 Å². The predicted molar refractivity (Wildman–Crippen MR) is 64.7 cm³/mol. The minimum absolute atomic E-state index is 0.200. The molecule has 15 heavy (non-hydrogen) atoms. The van der Waals surface area contributed by atoms with Gasteiger partial charge in [0.1, 0.15) is 5.78 Å². The Morgan fingerprint density at radius 2 is 1.93 bits per heavy atom. The van der Waals surface area contributed by atoms with Gasteiger partial charge in [-0.2, -0.15) is 0 Å². The van der Waals surface area contributed by atoms with Crippen molar-refractivity contribution >= 4 is 5.78 Å². The van der Waals surface area contributed by atoms with Crippen LogP contribution in [0.5, 0.6) is 0 Å². The van der Waals surface area contributed by atoms with Crippen LogP contribution in [0.4, 0.5) is 0 Å². The van der Waals surface area contributed by atoms with Gasteiger partial charge in [-0.05, 0) is 36.5 Å². The number of Topliss-reactive ketones (excluding diaryl/α,β-unsaturated/α-hetero) is 1. The van der Waals surface area contributed by atoms with Crippen molar-refractivity contribution < 1.29 is 4.79 Å². The zero-order valence-electron chi connectivity index (χ0n) is 11.0. The molecule has 1 aliphatic rings. The monoisotopic (exact) mass is 210 g/mol. The van der Waals surface area contributed by atoms with Crippen LogP contribution in [-0.2, 0) is 4.79 Å². The number of carbonyl (C=O) groups is 1. The van der Waals surface area contributed by atoms with Gasteiger partial charge in [0.05, 0.1) is 0 Å². The second-order valence-corrected chi connectivity index (χ2v) is 6.49. The minimum atomic E-state index is 0.200. The summed E-state index contributed by atoms with van der Waals surface area (Å²) in [5, 5.41) is 0. The van der Waals surface area contributed by atoms with E-state index >= 15 is 0 Å². The van der Waals surface area contributed by atoms with E-state index in [-0.39, 0.29) is 5.41 Å². The van der Waals surface area contributed by atoms with Gasteiger partial charge in [-0.15, -0.1) is 0 Å². The van der Waals surface area contributed by atoms with Crippen LogP contribution in [0, 0.1) is 23.2 Å². The van der Waals surface area contributed by atoms with E-state index in [1.54, 1.807) is 0 Å². The topological polar surface area (TPSA) is 17.1 Å². The molecule has 2 atom stereocenters. The minimum Gasteiger partial charge on any atom is -0.299 e. The van der Waals surface area contributed by atoms with E-state index in [1.807, 2.05) is 0 Å². The van der Waals surface area contributed by atoms with Gasteiger partial charge in [0.2, 0.25) is 0 Å². The smallest absolute Gasteiger partial charge is 0.136 e. The van der Waals surface area contributed by atoms with Crippen LogP contribution in [-0.4, -0.2) is 5.78 Å². The lowest BCUT2D eigenvalue weighted by Gasteiger charge is -2.38. The molecule has 0 heterocycles. The van der Waals surface area contributed by atoms with Gasteiger partial charge >= 0.3 is 0 Å². The van der Waals surface area contributed by atoms with E-state index in [0.29, 0.717) is 23.5 Å². The molecular formula is C14H26O. The molecule has 0 N–H and O–H groups in total. The van der Waals surface area contributed by atoms with E-state index in [2.05, 4.69) is 34.6 Å². The lowest BCUT2D eigenvalue weighted by molar-refractivity contribution is -0.130. The lowest BCUT2D eigenvalue weighted by Crippen LogP contribution is -2.36. The van der Waals surface area contributed by atoms with Gasteiger partial charge in [0.15, 0.2) is 0 Å².